The maximum Gasteiger partial charge on any atom is 0.228 e. The highest BCUT2D eigenvalue weighted by molar-refractivity contribution is 7.99. The van der Waals surface area contributed by atoms with Crippen LogP contribution in [-0.2, 0) is 9.53 Å². The molecule has 0 bridgehead atoms. The number of hydrogen-bond donors (Lipinski definition) is 0. The maximum atomic E-state index is 13.4. The second-order valence-corrected chi connectivity index (χ2v) is 10.4. The highest BCUT2D eigenvalue weighted by Crippen LogP contribution is 2.40. The van der Waals surface area contributed by atoms with Crippen LogP contribution < -0.4 is 14.4 Å². The normalized spacial score (nSPS) is 13.8. The Balaban J connectivity index is 0.00000361. The molecule has 1 amide bonds. The van der Waals surface area contributed by atoms with E-state index in [-0.39, 0.29) is 18.3 Å². The highest BCUT2D eigenvalue weighted by atomic mass is 35.5. The van der Waals surface area contributed by atoms with E-state index in [2.05, 4.69) is 17.0 Å². The Hall–Kier alpha value is -2.04. The van der Waals surface area contributed by atoms with Gasteiger partial charge in [-0.3, -0.25) is 14.6 Å². The Kier molecular flexibility index (Phi) is 11.6. The van der Waals surface area contributed by atoms with Gasteiger partial charge < -0.3 is 14.2 Å². The second-order valence-electron chi connectivity index (χ2n) is 8.26. The predicted molar refractivity (Wildman–Crippen MR) is 151 cm³/mol. The first-order valence-electron chi connectivity index (χ1n) is 12.0. The van der Waals surface area contributed by atoms with Crippen molar-refractivity contribution < 1.29 is 19.0 Å². The van der Waals surface area contributed by atoms with Gasteiger partial charge >= 0.3 is 0 Å². The minimum absolute atomic E-state index is 0. The molecular formula is C26H34ClN3O4S2. The highest BCUT2D eigenvalue weighted by Gasteiger charge is 2.23. The number of benzene rings is 2. The number of anilines is 1. The molecule has 4 rings (SSSR count). The quantitative estimate of drug-likeness (QED) is 0.222. The standard InChI is InChI=1S/C26H33N3O4S2.ClH/c1-31-21-11-12-22(32-2)25-24(21)27-26(35-25)29(14-7-13-28-15-17-33-18-16-28)23(30)10-6-19-34-20-8-4-3-5-9-20;/h3-5,8-9,11-12H,6-7,10,13-19H2,1-2H3;1H. The third-order valence-electron chi connectivity index (χ3n) is 5.94. The maximum absolute atomic E-state index is 13.4. The molecule has 0 atom stereocenters. The molecule has 1 aliphatic heterocycles. The number of methoxy groups -OCH3 is 2. The van der Waals surface area contributed by atoms with Gasteiger partial charge in [0.15, 0.2) is 5.13 Å². The summed E-state index contributed by atoms with van der Waals surface area (Å²) in [6, 6.07) is 14.0. The molecule has 0 aliphatic carbocycles. The number of hydrogen-bond acceptors (Lipinski definition) is 8. The van der Waals surface area contributed by atoms with Crippen molar-refractivity contribution in [3.63, 3.8) is 0 Å². The number of halogens is 1. The van der Waals surface area contributed by atoms with Gasteiger partial charge in [-0.25, -0.2) is 4.98 Å². The summed E-state index contributed by atoms with van der Waals surface area (Å²) in [5, 5.41) is 0.700. The van der Waals surface area contributed by atoms with Crippen molar-refractivity contribution in [1.29, 1.82) is 0 Å². The number of rotatable bonds is 12. The van der Waals surface area contributed by atoms with Crippen LogP contribution in [0, 0.1) is 0 Å². The van der Waals surface area contributed by atoms with E-state index in [1.54, 1.807) is 26.0 Å². The number of carbonyl (C=O) groups is 1. The van der Waals surface area contributed by atoms with Gasteiger partial charge in [-0.1, -0.05) is 29.5 Å². The van der Waals surface area contributed by atoms with E-state index in [1.165, 1.54) is 16.2 Å². The van der Waals surface area contributed by atoms with Crippen LogP contribution >= 0.6 is 35.5 Å². The van der Waals surface area contributed by atoms with Crippen LogP contribution in [0.3, 0.4) is 0 Å². The van der Waals surface area contributed by atoms with Crippen molar-refractivity contribution >= 4 is 56.8 Å². The number of nitrogens with zero attached hydrogens (tertiary/aromatic N) is 3. The lowest BCUT2D eigenvalue weighted by Crippen LogP contribution is -2.39. The van der Waals surface area contributed by atoms with E-state index in [9.17, 15) is 4.79 Å². The molecule has 0 radical (unpaired) electrons. The number of thioether (sulfide) groups is 1. The lowest BCUT2D eigenvalue weighted by atomic mass is 10.2. The zero-order valence-corrected chi connectivity index (χ0v) is 23.3. The number of morpholine rings is 1. The monoisotopic (exact) mass is 551 g/mol. The first kappa shape index (κ1) is 28.5. The molecule has 196 valence electrons. The summed E-state index contributed by atoms with van der Waals surface area (Å²) in [5.41, 5.74) is 0.734. The smallest absolute Gasteiger partial charge is 0.228 e. The van der Waals surface area contributed by atoms with Gasteiger partial charge in [0.05, 0.1) is 27.4 Å². The van der Waals surface area contributed by atoms with E-state index in [0.717, 1.165) is 67.4 Å². The Morgan fingerprint density at radius 2 is 1.81 bits per heavy atom. The average Bonchev–Trinajstić information content (AvgIpc) is 3.35. The van der Waals surface area contributed by atoms with Crippen LogP contribution in [0.2, 0.25) is 0 Å². The first-order valence-corrected chi connectivity index (χ1v) is 13.8. The molecule has 0 saturated carbocycles. The Morgan fingerprint density at radius 1 is 1.08 bits per heavy atom. The molecule has 2 heterocycles. The summed E-state index contributed by atoms with van der Waals surface area (Å²) < 4.78 is 17.4. The van der Waals surface area contributed by atoms with Gasteiger partial charge in [-0.05, 0) is 42.9 Å². The lowest BCUT2D eigenvalue weighted by molar-refractivity contribution is -0.118. The molecule has 1 fully saturated rings. The van der Waals surface area contributed by atoms with Gasteiger partial charge in [0, 0.05) is 37.5 Å². The summed E-state index contributed by atoms with van der Waals surface area (Å²) in [7, 11) is 3.28. The van der Waals surface area contributed by atoms with Gasteiger partial charge in [-0.15, -0.1) is 24.2 Å². The Labute approximate surface area is 227 Å². The predicted octanol–water partition coefficient (Wildman–Crippen LogP) is 5.36. The van der Waals surface area contributed by atoms with Crippen molar-refractivity contribution in [2.45, 2.75) is 24.2 Å². The fraction of sp³-hybridized carbons (Fsp3) is 0.462. The molecule has 3 aromatic rings. The van der Waals surface area contributed by atoms with Gasteiger partial charge in [0.2, 0.25) is 5.91 Å². The van der Waals surface area contributed by atoms with Crippen LogP contribution in [0.1, 0.15) is 19.3 Å². The van der Waals surface area contributed by atoms with E-state index in [1.807, 2.05) is 35.2 Å². The van der Waals surface area contributed by atoms with Gasteiger partial charge in [0.25, 0.3) is 0 Å². The summed E-state index contributed by atoms with van der Waals surface area (Å²) >= 11 is 3.27. The SMILES string of the molecule is COc1ccc(OC)c2sc(N(CCCN3CCOCC3)C(=O)CCCSc3ccccc3)nc12.Cl. The minimum Gasteiger partial charge on any atom is -0.495 e. The molecule has 2 aromatic carbocycles. The third kappa shape index (κ3) is 7.49. The molecular weight excluding hydrogens is 518 g/mol. The van der Waals surface area contributed by atoms with Crippen LogP contribution in [0.4, 0.5) is 5.13 Å². The Morgan fingerprint density at radius 3 is 2.53 bits per heavy atom. The van der Waals surface area contributed by atoms with Crippen molar-refractivity contribution in [2.24, 2.45) is 0 Å². The second kappa shape index (κ2) is 14.6. The number of thiazole rings is 1. The van der Waals surface area contributed by atoms with E-state index < -0.39 is 0 Å². The molecule has 1 aliphatic rings. The molecule has 36 heavy (non-hydrogen) atoms. The number of ether oxygens (including phenoxy) is 3. The van der Waals surface area contributed by atoms with Crippen LogP contribution in [0.5, 0.6) is 11.5 Å². The zero-order chi connectivity index (χ0) is 24.5. The zero-order valence-electron chi connectivity index (χ0n) is 20.8. The van der Waals surface area contributed by atoms with Crippen molar-refractivity contribution in [3.8, 4) is 11.5 Å². The van der Waals surface area contributed by atoms with Crippen molar-refractivity contribution in [2.75, 3.05) is 64.3 Å². The summed E-state index contributed by atoms with van der Waals surface area (Å²) in [6.45, 7) is 5.01. The molecule has 0 spiro atoms. The van der Waals surface area contributed by atoms with E-state index >= 15 is 0 Å². The van der Waals surface area contributed by atoms with Gasteiger partial charge in [-0.2, -0.15) is 0 Å². The molecule has 10 heteroatoms. The molecule has 0 unspecified atom stereocenters. The van der Waals surface area contributed by atoms with Crippen molar-refractivity contribution in [3.05, 3.63) is 42.5 Å². The van der Waals surface area contributed by atoms with Crippen LogP contribution in [0.15, 0.2) is 47.4 Å². The molecule has 0 N–H and O–H groups in total. The third-order valence-corrected chi connectivity index (χ3v) is 8.13. The average molecular weight is 552 g/mol. The van der Waals surface area contributed by atoms with Gasteiger partial charge in [0.1, 0.15) is 21.7 Å². The summed E-state index contributed by atoms with van der Waals surface area (Å²) in [4.78, 5) is 23.7. The lowest BCUT2D eigenvalue weighted by Gasteiger charge is -2.27. The summed E-state index contributed by atoms with van der Waals surface area (Å²) in [5.74, 6) is 2.43. The largest absolute Gasteiger partial charge is 0.495 e. The van der Waals surface area contributed by atoms with Crippen LogP contribution in [-0.4, -0.2) is 75.2 Å². The Bertz CT molecular complexity index is 1050. The van der Waals surface area contributed by atoms with E-state index in [0.29, 0.717) is 23.8 Å². The van der Waals surface area contributed by atoms with E-state index in [4.69, 9.17) is 19.2 Å². The molecule has 1 saturated heterocycles. The first-order chi connectivity index (χ1) is 17.2. The number of aromatic nitrogens is 1. The van der Waals surface area contributed by atoms with Crippen LogP contribution in [0.25, 0.3) is 10.2 Å². The fourth-order valence-corrected chi connectivity index (χ4v) is 6.05. The van der Waals surface area contributed by atoms with Crippen molar-refractivity contribution in [1.82, 2.24) is 9.88 Å². The number of carbonyl (C=O) groups excluding carboxylic acids is 1. The minimum atomic E-state index is 0. The topological polar surface area (TPSA) is 64.1 Å². The number of amides is 1. The molecule has 7 nitrogen and oxygen atoms in total. The number of fused-ring (bicyclic) bond motifs is 1. The fourth-order valence-electron chi connectivity index (χ4n) is 4.06. The summed E-state index contributed by atoms with van der Waals surface area (Å²) in [6.07, 6.45) is 2.19. The molecule has 1 aromatic heterocycles.